The van der Waals surface area contributed by atoms with E-state index < -0.39 is 0 Å². The van der Waals surface area contributed by atoms with Gasteiger partial charge in [-0.1, -0.05) is 26.7 Å². The van der Waals surface area contributed by atoms with E-state index >= 15 is 0 Å². The van der Waals surface area contributed by atoms with E-state index in [0.717, 1.165) is 51.4 Å². The number of nitrogens with one attached hydrogen (secondary N) is 1. The maximum Gasteiger partial charge on any atom is 0.223 e. The van der Waals surface area contributed by atoms with Gasteiger partial charge in [-0.3, -0.25) is 4.79 Å². The summed E-state index contributed by atoms with van der Waals surface area (Å²) in [6.45, 7) is 4.66. The van der Waals surface area contributed by atoms with Crippen molar-refractivity contribution in [3.63, 3.8) is 0 Å². The fraction of sp³-hybridized carbons (Fsp3) is 0.933. The zero-order valence-corrected chi connectivity index (χ0v) is 11.8. The highest BCUT2D eigenvalue weighted by atomic mass is 16.3. The number of amides is 1. The minimum atomic E-state index is -0.302. The van der Waals surface area contributed by atoms with Crippen LogP contribution < -0.4 is 5.32 Å². The van der Waals surface area contributed by atoms with Crippen molar-refractivity contribution in [1.82, 2.24) is 5.32 Å². The van der Waals surface area contributed by atoms with Crippen molar-refractivity contribution in [2.45, 2.75) is 70.8 Å². The van der Waals surface area contributed by atoms with Gasteiger partial charge in [-0.15, -0.1) is 0 Å². The Bertz CT molecular complexity index is 296. The number of carbonyl (C=O) groups excluding carboxylic acids is 1. The Kier molecular flexibility index (Phi) is 4.00. The molecule has 0 unspecified atom stereocenters. The molecule has 0 aliphatic heterocycles. The first kappa shape index (κ1) is 13.9. The van der Waals surface area contributed by atoms with Crippen LogP contribution in [0.3, 0.4) is 0 Å². The molecule has 2 aliphatic rings. The fourth-order valence-corrected chi connectivity index (χ4v) is 3.40. The molecule has 0 aromatic rings. The molecule has 0 aromatic carbocycles. The predicted octanol–water partition coefficient (Wildman–Crippen LogP) is 2.62. The number of aliphatic hydroxyl groups is 1. The molecule has 0 radical (unpaired) electrons. The summed E-state index contributed by atoms with van der Waals surface area (Å²) < 4.78 is 0. The van der Waals surface area contributed by atoms with Gasteiger partial charge in [0.25, 0.3) is 0 Å². The zero-order valence-electron chi connectivity index (χ0n) is 11.8. The summed E-state index contributed by atoms with van der Waals surface area (Å²) in [5.74, 6) is 0.350. The third-order valence-corrected chi connectivity index (χ3v) is 4.96. The monoisotopic (exact) mass is 253 g/mol. The molecule has 0 spiro atoms. The van der Waals surface area contributed by atoms with Crippen molar-refractivity contribution >= 4 is 5.91 Å². The maximum atomic E-state index is 12.3. The lowest BCUT2D eigenvalue weighted by molar-refractivity contribution is -0.129. The van der Waals surface area contributed by atoms with E-state index in [4.69, 9.17) is 0 Å². The molecule has 0 heterocycles. The second-order valence-corrected chi connectivity index (χ2v) is 7.07. The van der Waals surface area contributed by atoms with Crippen LogP contribution >= 0.6 is 0 Å². The molecular formula is C15H27NO2. The molecule has 0 saturated heterocycles. The van der Waals surface area contributed by atoms with E-state index in [0.29, 0.717) is 5.41 Å². The average molecular weight is 253 g/mol. The molecule has 0 bridgehead atoms. The van der Waals surface area contributed by atoms with Crippen LogP contribution in [0.25, 0.3) is 0 Å². The van der Waals surface area contributed by atoms with E-state index in [1.807, 2.05) is 0 Å². The van der Waals surface area contributed by atoms with Gasteiger partial charge < -0.3 is 10.4 Å². The summed E-state index contributed by atoms with van der Waals surface area (Å²) in [5, 5.41) is 12.7. The van der Waals surface area contributed by atoms with Crippen LogP contribution in [0.1, 0.15) is 65.2 Å². The van der Waals surface area contributed by atoms with Gasteiger partial charge in [0.05, 0.1) is 12.1 Å². The van der Waals surface area contributed by atoms with Gasteiger partial charge >= 0.3 is 0 Å². The molecule has 2 saturated carbocycles. The summed E-state index contributed by atoms with van der Waals surface area (Å²) in [7, 11) is 0. The van der Waals surface area contributed by atoms with Crippen molar-refractivity contribution in [2.24, 2.45) is 11.3 Å². The number of carbonyl (C=O) groups is 1. The standard InChI is InChI=1S/C15H27NO2/c1-14(2)9-5-12(6-10-14)13(18)16-15(11-17)7-3-4-8-15/h12,17H,3-11H2,1-2H3,(H,16,18). The Balaban J connectivity index is 1.88. The minimum Gasteiger partial charge on any atom is -0.394 e. The first-order valence-corrected chi connectivity index (χ1v) is 7.39. The maximum absolute atomic E-state index is 12.3. The highest BCUT2D eigenvalue weighted by molar-refractivity contribution is 5.79. The number of hydrogen-bond acceptors (Lipinski definition) is 2. The van der Waals surface area contributed by atoms with Crippen molar-refractivity contribution in [3.05, 3.63) is 0 Å². The Morgan fingerprint density at radius 2 is 1.72 bits per heavy atom. The second kappa shape index (κ2) is 5.20. The van der Waals surface area contributed by atoms with Gasteiger partial charge in [0, 0.05) is 5.92 Å². The summed E-state index contributed by atoms with van der Waals surface area (Å²) in [6.07, 6.45) is 8.40. The molecule has 104 valence electrons. The van der Waals surface area contributed by atoms with Crippen LogP contribution in [0.5, 0.6) is 0 Å². The van der Waals surface area contributed by atoms with E-state index in [2.05, 4.69) is 19.2 Å². The van der Waals surface area contributed by atoms with E-state index in [1.165, 1.54) is 0 Å². The lowest BCUT2D eigenvalue weighted by Crippen LogP contribution is -2.51. The SMILES string of the molecule is CC1(C)CCC(C(=O)NC2(CO)CCCC2)CC1. The van der Waals surface area contributed by atoms with Crippen molar-refractivity contribution in [3.8, 4) is 0 Å². The van der Waals surface area contributed by atoms with E-state index in [1.54, 1.807) is 0 Å². The van der Waals surface area contributed by atoms with Crippen molar-refractivity contribution in [1.29, 1.82) is 0 Å². The van der Waals surface area contributed by atoms with Crippen LogP contribution in [0.15, 0.2) is 0 Å². The summed E-state index contributed by atoms with van der Waals surface area (Å²) in [4.78, 5) is 12.3. The third-order valence-electron chi connectivity index (χ3n) is 4.96. The van der Waals surface area contributed by atoms with E-state index in [-0.39, 0.29) is 24.0 Å². The van der Waals surface area contributed by atoms with Crippen LogP contribution in [-0.2, 0) is 4.79 Å². The van der Waals surface area contributed by atoms with Crippen molar-refractivity contribution in [2.75, 3.05) is 6.61 Å². The Morgan fingerprint density at radius 3 is 2.22 bits per heavy atom. The smallest absolute Gasteiger partial charge is 0.223 e. The molecule has 2 rings (SSSR count). The quantitative estimate of drug-likeness (QED) is 0.812. The minimum absolute atomic E-state index is 0.0942. The largest absolute Gasteiger partial charge is 0.394 e. The normalized spacial score (nSPS) is 27.1. The molecule has 0 atom stereocenters. The number of aliphatic hydroxyl groups excluding tert-OH is 1. The first-order valence-electron chi connectivity index (χ1n) is 7.39. The highest BCUT2D eigenvalue weighted by Crippen LogP contribution is 2.38. The lowest BCUT2D eigenvalue weighted by Gasteiger charge is -2.36. The molecule has 2 N–H and O–H groups in total. The summed E-state index contributed by atoms with van der Waals surface area (Å²) in [6, 6.07) is 0. The van der Waals surface area contributed by atoms with Gasteiger partial charge in [-0.05, 0) is 43.9 Å². The Morgan fingerprint density at radius 1 is 1.17 bits per heavy atom. The van der Waals surface area contributed by atoms with Gasteiger partial charge in [0.15, 0.2) is 0 Å². The van der Waals surface area contributed by atoms with Gasteiger partial charge in [-0.25, -0.2) is 0 Å². The van der Waals surface area contributed by atoms with Gasteiger partial charge in [0.1, 0.15) is 0 Å². The Hall–Kier alpha value is -0.570. The molecular weight excluding hydrogens is 226 g/mol. The number of rotatable bonds is 3. The summed E-state index contributed by atoms with van der Waals surface area (Å²) >= 11 is 0. The molecule has 2 fully saturated rings. The van der Waals surface area contributed by atoms with Crippen LogP contribution in [0.4, 0.5) is 0 Å². The highest BCUT2D eigenvalue weighted by Gasteiger charge is 2.38. The Labute approximate surface area is 110 Å². The molecule has 1 amide bonds. The summed E-state index contributed by atoms with van der Waals surface area (Å²) in [5.41, 5.74) is 0.100. The van der Waals surface area contributed by atoms with Crippen LogP contribution in [0, 0.1) is 11.3 Å². The average Bonchev–Trinajstić information content (AvgIpc) is 2.78. The topological polar surface area (TPSA) is 49.3 Å². The molecule has 3 heteroatoms. The second-order valence-electron chi connectivity index (χ2n) is 7.07. The lowest BCUT2D eigenvalue weighted by atomic mass is 9.73. The number of hydrogen-bond donors (Lipinski definition) is 2. The fourth-order valence-electron chi connectivity index (χ4n) is 3.40. The molecule has 18 heavy (non-hydrogen) atoms. The van der Waals surface area contributed by atoms with Gasteiger partial charge in [0.2, 0.25) is 5.91 Å². The molecule has 2 aliphatic carbocycles. The van der Waals surface area contributed by atoms with Crippen LogP contribution in [-0.4, -0.2) is 23.2 Å². The zero-order chi connectivity index (χ0) is 13.2. The molecule has 0 aromatic heterocycles. The predicted molar refractivity (Wildman–Crippen MR) is 72.2 cm³/mol. The third kappa shape index (κ3) is 3.05. The molecule has 3 nitrogen and oxygen atoms in total. The van der Waals surface area contributed by atoms with Gasteiger partial charge in [-0.2, -0.15) is 0 Å². The van der Waals surface area contributed by atoms with Crippen LogP contribution in [0.2, 0.25) is 0 Å². The van der Waals surface area contributed by atoms with Crippen molar-refractivity contribution < 1.29 is 9.90 Å². The van der Waals surface area contributed by atoms with E-state index in [9.17, 15) is 9.90 Å². The first-order chi connectivity index (χ1) is 8.46.